The largest absolute Gasteiger partial charge is 0.392 e. The highest BCUT2D eigenvalue weighted by atomic mass is 16.3. The molecule has 11 heavy (non-hydrogen) atoms. The number of nitrogens with zero attached hydrogens (tertiary/aromatic N) is 1. The Morgan fingerprint density at radius 3 is 2.73 bits per heavy atom. The van der Waals surface area contributed by atoms with Gasteiger partial charge in [0.25, 0.3) is 0 Å². The van der Waals surface area contributed by atoms with Crippen molar-refractivity contribution in [3.05, 3.63) is 0 Å². The molecule has 0 radical (unpaired) electrons. The van der Waals surface area contributed by atoms with Crippen LogP contribution in [0, 0.1) is 0 Å². The molecule has 66 valence electrons. The predicted octanol–water partition coefficient (Wildman–Crippen LogP) is 1.24. The van der Waals surface area contributed by atoms with E-state index in [2.05, 4.69) is 18.7 Å². The first kappa shape index (κ1) is 9.01. The number of rotatable bonds is 3. The summed E-state index contributed by atoms with van der Waals surface area (Å²) < 4.78 is 0. The number of unbranched alkanes of at least 4 members (excludes halogenated alkanes) is 1. The molecular formula is C9H19NO. The quantitative estimate of drug-likeness (QED) is 0.666. The van der Waals surface area contributed by atoms with E-state index >= 15 is 0 Å². The van der Waals surface area contributed by atoms with Crippen LogP contribution in [0.1, 0.15) is 33.1 Å². The van der Waals surface area contributed by atoms with Crippen molar-refractivity contribution in [2.24, 2.45) is 0 Å². The van der Waals surface area contributed by atoms with Gasteiger partial charge >= 0.3 is 0 Å². The van der Waals surface area contributed by atoms with Crippen LogP contribution in [-0.4, -0.2) is 35.2 Å². The maximum absolute atomic E-state index is 9.33. The Bertz CT molecular complexity index is 116. The third-order valence-corrected chi connectivity index (χ3v) is 2.48. The van der Waals surface area contributed by atoms with Gasteiger partial charge in [0.05, 0.1) is 6.10 Å². The van der Waals surface area contributed by atoms with E-state index in [9.17, 15) is 5.11 Å². The lowest BCUT2D eigenvalue weighted by Crippen LogP contribution is -2.28. The zero-order chi connectivity index (χ0) is 8.27. The second-order valence-corrected chi connectivity index (χ2v) is 3.59. The lowest BCUT2D eigenvalue weighted by Gasteiger charge is -2.19. The lowest BCUT2D eigenvalue weighted by molar-refractivity contribution is 0.174. The first-order valence-electron chi connectivity index (χ1n) is 4.66. The summed E-state index contributed by atoms with van der Waals surface area (Å²) in [6.07, 6.45) is 3.40. The van der Waals surface area contributed by atoms with Crippen LogP contribution >= 0.6 is 0 Å². The number of hydrogen-bond acceptors (Lipinski definition) is 2. The molecule has 2 atom stereocenters. The molecule has 1 aliphatic heterocycles. The Kier molecular flexibility index (Phi) is 3.34. The molecule has 0 amide bonds. The van der Waals surface area contributed by atoms with Gasteiger partial charge in [0, 0.05) is 12.6 Å². The van der Waals surface area contributed by atoms with Gasteiger partial charge in [0.1, 0.15) is 0 Å². The minimum absolute atomic E-state index is 0.0677. The van der Waals surface area contributed by atoms with Crippen LogP contribution in [0.5, 0.6) is 0 Å². The van der Waals surface area contributed by atoms with Gasteiger partial charge in [-0.3, -0.25) is 4.90 Å². The summed E-state index contributed by atoms with van der Waals surface area (Å²) in [6.45, 7) is 6.46. The van der Waals surface area contributed by atoms with Crippen LogP contribution in [0.15, 0.2) is 0 Å². The minimum atomic E-state index is -0.0677. The smallest absolute Gasteiger partial charge is 0.0682 e. The molecule has 1 heterocycles. The molecular weight excluding hydrogens is 138 g/mol. The third-order valence-electron chi connectivity index (χ3n) is 2.48. The summed E-state index contributed by atoms with van der Waals surface area (Å²) >= 11 is 0. The summed E-state index contributed by atoms with van der Waals surface area (Å²) in [5, 5.41) is 9.33. The average molecular weight is 157 g/mol. The van der Waals surface area contributed by atoms with Crippen molar-refractivity contribution in [1.29, 1.82) is 0 Å². The summed E-state index contributed by atoms with van der Waals surface area (Å²) in [5.41, 5.74) is 0. The van der Waals surface area contributed by atoms with Crippen molar-refractivity contribution >= 4 is 0 Å². The van der Waals surface area contributed by atoms with Crippen molar-refractivity contribution in [3.63, 3.8) is 0 Å². The number of aliphatic hydroxyl groups is 1. The molecule has 1 aliphatic rings. The summed E-state index contributed by atoms with van der Waals surface area (Å²) in [5.74, 6) is 0. The van der Waals surface area contributed by atoms with Crippen molar-refractivity contribution in [2.45, 2.75) is 45.3 Å². The van der Waals surface area contributed by atoms with E-state index in [1.165, 1.54) is 12.8 Å². The number of likely N-dealkylation sites (tertiary alicyclic amines) is 1. The molecule has 1 fully saturated rings. The van der Waals surface area contributed by atoms with E-state index in [4.69, 9.17) is 0 Å². The van der Waals surface area contributed by atoms with Crippen LogP contribution in [0.25, 0.3) is 0 Å². The molecule has 2 nitrogen and oxygen atoms in total. The normalized spacial score (nSPS) is 33.0. The van der Waals surface area contributed by atoms with E-state index in [0.717, 1.165) is 19.5 Å². The second kappa shape index (κ2) is 4.07. The first-order valence-corrected chi connectivity index (χ1v) is 4.66. The molecule has 2 heteroatoms. The summed E-state index contributed by atoms with van der Waals surface area (Å²) in [4.78, 5) is 2.38. The van der Waals surface area contributed by atoms with Crippen molar-refractivity contribution in [1.82, 2.24) is 4.90 Å². The second-order valence-electron chi connectivity index (χ2n) is 3.59. The average Bonchev–Trinajstić information content (AvgIpc) is 2.26. The Morgan fingerprint density at radius 2 is 2.27 bits per heavy atom. The fourth-order valence-corrected chi connectivity index (χ4v) is 1.74. The maximum atomic E-state index is 9.33. The van der Waals surface area contributed by atoms with Crippen LogP contribution in [0.4, 0.5) is 0 Å². The fourth-order valence-electron chi connectivity index (χ4n) is 1.74. The first-order chi connectivity index (χ1) is 5.24. The fraction of sp³-hybridized carbons (Fsp3) is 1.00. The molecule has 0 saturated carbocycles. The minimum Gasteiger partial charge on any atom is -0.392 e. The third kappa shape index (κ3) is 2.46. The molecule has 0 unspecified atom stereocenters. The van der Waals surface area contributed by atoms with Crippen LogP contribution in [0.2, 0.25) is 0 Å². The van der Waals surface area contributed by atoms with Gasteiger partial charge < -0.3 is 5.11 Å². The Balaban J connectivity index is 2.23. The van der Waals surface area contributed by atoms with Gasteiger partial charge in [0.15, 0.2) is 0 Å². The molecule has 0 aromatic carbocycles. The van der Waals surface area contributed by atoms with Gasteiger partial charge in [-0.2, -0.15) is 0 Å². The Morgan fingerprint density at radius 1 is 1.55 bits per heavy atom. The molecule has 0 aliphatic carbocycles. The number of β-amino-alcohol motifs (C(OH)–C–C–N with tert-alkyl or cyclic N) is 1. The van der Waals surface area contributed by atoms with Crippen molar-refractivity contribution in [2.75, 3.05) is 13.1 Å². The van der Waals surface area contributed by atoms with E-state index in [1.807, 2.05) is 0 Å². The van der Waals surface area contributed by atoms with Gasteiger partial charge in [0.2, 0.25) is 0 Å². The van der Waals surface area contributed by atoms with Gasteiger partial charge in [-0.15, -0.1) is 0 Å². The topological polar surface area (TPSA) is 23.5 Å². The zero-order valence-corrected chi connectivity index (χ0v) is 7.58. The monoisotopic (exact) mass is 157 g/mol. The summed E-state index contributed by atoms with van der Waals surface area (Å²) in [7, 11) is 0. The van der Waals surface area contributed by atoms with E-state index in [-0.39, 0.29) is 6.10 Å². The number of aliphatic hydroxyl groups excluding tert-OH is 1. The molecule has 0 aromatic rings. The van der Waals surface area contributed by atoms with Crippen molar-refractivity contribution in [3.8, 4) is 0 Å². The standard InChI is InChI=1S/C9H19NO/c1-3-4-5-10-7-9(11)6-8(10)2/h8-9,11H,3-7H2,1-2H3/t8-,9+/m1/s1. The highest BCUT2D eigenvalue weighted by Gasteiger charge is 2.26. The maximum Gasteiger partial charge on any atom is 0.0682 e. The van der Waals surface area contributed by atoms with E-state index in [0.29, 0.717) is 6.04 Å². The molecule has 1 rings (SSSR count). The Labute approximate surface area is 69.2 Å². The van der Waals surface area contributed by atoms with Gasteiger partial charge in [-0.05, 0) is 26.3 Å². The Hall–Kier alpha value is -0.0800. The lowest BCUT2D eigenvalue weighted by atomic mass is 10.2. The van der Waals surface area contributed by atoms with Gasteiger partial charge in [-0.25, -0.2) is 0 Å². The molecule has 1 N–H and O–H groups in total. The molecule has 0 bridgehead atoms. The molecule has 0 aromatic heterocycles. The summed E-state index contributed by atoms with van der Waals surface area (Å²) in [6, 6.07) is 0.594. The van der Waals surface area contributed by atoms with Gasteiger partial charge in [-0.1, -0.05) is 13.3 Å². The predicted molar refractivity (Wildman–Crippen MR) is 46.6 cm³/mol. The van der Waals surface area contributed by atoms with Crippen molar-refractivity contribution < 1.29 is 5.11 Å². The molecule has 1 saturated heterocycles. The number of hydrogen-bond donors (Lipinski definition) is 1. The highest BCUT2D eigenvalue weighted by Crippen LogP contribution is 2.17. The van der Waals surface area contributed by atoms with Crippen LogP contribution in [-0.2, 0) is 0 Å². The van der Waals surface area contributed by atoms with E-state index in [1.54, 1.807) is 0 Å². The van der Waals surface area contributed by atoms with Crippen LogP contribution in [0.3, 0.4) is 0 Å². The van der Waals surface area contributed by atoms with Crippen LogP contribution < -0.4 is 0 Å². The SMILES string of the molecule is CCCCN1C[C@@H](O)C[C@H]1C. The molecule has 0 spiro atoms. The van der Waals surface area contributed by atoms with E-state index < -0.39 is 0 Å². The highest BCUT2D eigenvalue weighted by molar-refractivity contribution is 4.81. The zero-order valence-electron chi connectivity index (χ0n) is 7.58.